The molecule has 0 aromatic heterocycles. The number of carbonyl (C=O) groups excluding carboxylic acids is 2. The second-order valence-corrected chi connectivity index (χ2v) is 6.31. The minimum absolute atomic E-state index is 0.0335. The monoisotopic (exact) mass is 332 g/mol. The van der Waals surface area contributed by atoms with Crippen LogP contribution in [0.1, 0.15) is 25.8 Å². The Hall–Kier alpha value is -2.17. The molecule has 0 saturated carbocycles. The predicted octanol–water partition coefficient (Wildman–Crippen LogP) is 2.64. The van der Waals surface area contributed by atoms with Crippen molar-refractivity contribution in [2.75, 3.05) is 19.6 Å². The fourth-order valence-electron chi connectivity index (χ4n) is 3.19. The Labute approximate surface area is 142 Å². The van der Waals surface area contributed by atoms with E-state index in [0.29, 0.717) is 26.1 Å². The highest BCUT2D eigenvalue weighted by Gasteiger charge is 2.31. The third-order valence-corrected chi connectivity index (χ3v) is 4.60. The summed E-state index contributed by atoms with van der Waals surface area (Å²) in [4.78, 5) is 28.2. The number of halogens is 1. The van der Waals surface area contributed by atoms with Gasteiger partial charge in [0.1, 0.15) is 5.82 Å². The van der Waals surface area contributed by atoms with Gasteiger partial charge in [-0.25, -0.2) is 4.39 Å². The van der Waals surface area contributed by atoms with Gasteiger partial charge in [0.25, 0.3) is 0 Å². The molecule has 0 radical (unpaired) electrons. The Morgan fingerprint density at radius 3 is 2.58 bits per heavy atom. The van der Waals surface area contributed by atoms with Crippen LogP contribution in [0.15, 0.2) is 36.9 Å². The number of benzene rings is 1. The van der Waals surface area contributed by atoms with Crippen molar-refractivity contribution in [3.05, 3.63) is 48.3 Å². The van der Waals surface area contributed by atoms with Crippen LogP contribution in [0, 0.1) is 11.7 Å². The molecule has 2 amide bonds. The third kappa shape index (κ3) is 4.22. The zero-order chi connectivity index (χ0) is 17.7. The molecule has 1 aromatic rings. The number of piperazine rings is 1. The Balaban J connectivity index is 1.98. The van der Waals surface area contributed by atoms with Gasteiger partial charge in [-0.05, 0) is 36.6 Å². The highest BCUT2D eigenvalue weighted by atomic mass is 19.1. The molecule has 1 fully saturated rings. The van der Waals surface area contributed by atoms with Crippen molar-refractivity contribution in [2.45, 2.75) is 32.7 Å². The number of rotatable bonds is 5. The average Bonchev–Trinajstić information content (AvgIpc) is 2.61. The summed E-state index contributed by atoms with van der Waals surface area (Å²) in [6.07, 6.45) is 2.72. The van der Waals surface area contributed by atoms with Crippen molar-refractivity contribution in [1.29, 1.82) is 0 Å². The van der Waals surface area contributed by atoms with E-state index in [4.69, 9.17) is 0 Å². The predicted molar refractivity (Wildman–Crippen MR) is 91.8 cm³/mol. The molecular formula is C19H25FN2O2. The van der Waals surface area contributed by atoms with E-state index in [-0.39, 0.29) is 29.6 Å². The standard InChI is InChI=1S/C19H25FN2O2/c1-4-17-13-21(10-11-22(17)18(23)5-2)19(24)14(3)12-15-6-8-16(20)9-7-15/h5-9,14,17H,2,4,10-13H2,1,3H3/t14?,17-/m1/s1. The van der Waals surface area contributed by atoms with Crippen molar-refractivity contribution in [3.8, 4) is 0 Å². The molecule has 5 heteroatoms. The Bertz CT molecular complexity index is 600. The summed E-state index contributed by atoms with van der Waals surface area (Å²) in [6.45, 7) is 9.10. The Morgan fingerprint density at radius 2 is 2.00 bits per heavy atom. The van der Waals surface area contributed by atoms with Crippen LogP contribution in [-0.4, -0.2) is 47.3 Å². The summed E-state index contributed by atoms with van der Waals surface area (Å²) in [5.74, 6) is -0.432. The molecule has 4 nitrogen and oxygen atoms in total. The number of carbonyl (C=O) groups is 2. The van der Waals surface area contributed by atoms with Crippen LogP contribution in [0.25, 0.3) is 0 Å². The summed E-state index contributed by atoms with van der Waals surface area (Å²) >= 11 is 0. The molecule has 1 unspecified atom stereocenters. The Morgan fingerprint density at radius 1 is 1.33 bits per heavy atom. The first-order chi connectivity index (χ1) is 11.5. The molecule has 24 heavy (non-hydrogen) atoms. The summed E-state index contributed by atoms with van der Waals surface area (Å²) in [5, 5.41) is 0. The summed E-state index contributed by atoms with van der Waals surface area (Å²) < 4.78 is 13.0. The van der Waals surface area contributed by atoms with Crippen molar-refractivity contribution in [3.63, 3.8) is 0 Å². The van der Waals surface area contributed by atoms with Gasteiger partial charge >= 0.3 is 0 Å². The molecule has 0 N–H and O–H groups in total. The lowest BCUT2D eigenvalue weighted by atomic mass is 9.98. The normalized spacial score (nSPS) is 19.0. The van der Waals surface area contributed by atoms with E-state index in [1.54, 1.807) is 17.0 Å². The third-order valence-electron chi connectivity index (χ3n) is 4.60. The fraction of sp³-hybridized carbons (Fsp3) is 0.474. The van der Waals surface area contributed by atoms with Crippen LogP contribution in [-0.2, 0) is 16.0 Å². The van der Waals surface area contributed by atoms with Crippen LogP contribution in [0.3, 0.4) is 0 Å². The van der Waals surface area contributed by atoms with E-state index in [2.05, 4.69) is 6.58 Å². The largest absolute Gasteiger partial charge is 0.339 e. The van der Waals surface area contributed by atoms with E-state index in [1.165, 1.54) is 18.2 Å². The highest BCUT2D eigenvalue weighted by molar-refractivity contribution is 5.87. The topological polar surface area (TPSA) is 40.6 Å². The molecule has 1 aromatic carbocycles. The SMILES string of the molecule is C=CC(=O)N1CCN(C(=O)C(C)Cc2ccc(F)cc2)C[C@H]1CC. The maximum atomic E-state index is 13.0. The summed E-state index contributed by atoms with van der Waals surface area (Å²) in [6, 6.07) is 6.30. The van der Waals surface area contributed by atoms with Crippen LogP contribution < -0.4 is 0 Å². The number of amides is 2. The smallest absolute Gasteiger partial charge is 0.246 e. The number of hydrogen-bond donors (Lipinski definition) is 0. The van der Waals surface area contributed by atoms with E-state index in [0.717, 1.165) is 12.0 Å². The highest BCUT2D eigenvalue weighted by Crippen LogP contribution is 2.18. The molecule has 130 valence electrons. The molecule has 2 rings (SSSR count). The maximum absolute atomic E-state index is 13.0. The Kier molecular flexibility index (Phi) is 6.12. The van der Waals surface area contributed by atoms with Crippen LogP contribution in [0.5, 0.6) is 0 Å². The van der Waals surface area contributed by atoms with Crippen molar-refractivity contribution in [1.82, 2.24) is 9.80 Å². The molecule has 2 atom stereocenters. The zero-order valence-electron chi connectivity index (χ0n) is 14.4. The van der Waals surface area contributed by atoms with Gasteiger partial charge in [0.05, 0.1) is 0 Å². The van der Waals surface area contributed by atoms with Crippen molar-refractivity contribution >= 4 is 11.8 Å². The van der Waals surface area contributed by atoms with Gasteiger partial charge in [0.15, 0.2) is 0 Å². The molecule has 1 saturated heterocycles. The van der Waals surface area contributed by atoms with Crippen molar-refractivity contribution in [2.24, 2.45) is 5.92 Å². The van der Waals surface area contributed by atoms with Crippen LogP contribution in [0.2, 0.25) is 0 Å². The molecular weight excluding hydrogens is 307 g/mol. The second-order valence-electron chi connectivity index (χ2n) is 6.31. The molecule has 1 heterocycles. The van der Waals surface area contributed by atoms with E-state index in [1.807, 2.05) is 18.7 Å². The minimum atomic E-state index is -0.272. The van der Waals surface area contributed by atoms with Crippen LogP contribution in [0.4, 0.5) is 4.39 Å². The lowest BCUT2D eigenvalue weighted by molar-refractivity contribution is -0.142. The van der Waals surface area contributed by atoms with Crippen LogP contribution >= 0.6 is 0 Å². The molecule has 1 aliphatic rings. The molecule has 0 spiro atoms. The number of hydrogen-bond acceptors (Lipinski definition) is 2. The quantitative estimate of drug-likeness (QED) is 0.778. The lowest BCUT2D eigenvalue weighted by Gasteiger charge is -2.41. The average molecular weight is 332 g/mol. The van der Waals surface area contributed by atoms with Gasteiger partial charge in [0.2, 0.25) is 11.8 Å². The molecule has 0 aliphatic carbocycles. The molecule has 0 bridgehead atoms. The van der Waals surface area contributed by atoms with E-state index < -0.39 is 0 Å². The van der Waals surface area contributed by atoms with E-state index in [9.17, 15) is 14.0 Å². The number of nitrogens with zero attached hydrogens (tertiary/aromatic N) is 2. The first-order valence-electron chi connectivity index (χ1n) is 8.42. The van der Waals surface area contributed by atoms with Gasteiger partial charge in [-0.3, -0.25) is 9.59 Å². The van der Waals surface area contributed by atoms with E-state index >= 15 is 0 Å². The zero-order valence-corrected chi connectivity index (χ0v) is 14.4. The van der Waals surface area contributed by atoms with Gasteiger partial charge in [-0.15, -0.1) is 0 Å². The summed E-state index contributed by atoms with van der Waals surface area (Å²) in [5.41, 5.74) is 0.949. The van der Waals surface area contributed by atoms with Gasteiger partial charge in [-0.2, -0.15) is 0 Å². The summed E-state index contributed by atoms with van der Waals surface area (Å²) in [7, 11) is 0. The molecule has 1 aliphatic heterocycles. The first-order valence-corrected chi connectivity index (χ1v) is 8.42. The second kappa shape index (κ2) is 8.08. The maximum Gasteiger partial charge on any atom is 0.246 e. The minimum Gasteiger partial charge on any atom is -0.339 e. The van der Waals surface area contributed by atoms with Gasteiger partial charge in [0, 0.05) is 31.6 Å². The lowest BCUT2D eigenvalue weighted by Crippen LogP contribution is -2.56. The van der Waals surface area contributed by atoms with Gasteiger partial charge in [-0.1, -0.05) is 32.6 Å². The van der Waals surface area contributed by atoms with Crippen molar-refractivity contribution < 1.29 is 14.0 Å². The van der Waals surface area contributed by atoms with Gasteiger partial charge < -0.3 is 9.80 Å². The fourth-order valence-corrected chi connectivity index (χ4v) is 3.19. The first kappa shape index (κ1) is 18.2.